The predicted molar refractivity (Wildman–Crippen MR) is 64.8 cm³/mol. The molecule has 0 unspecified atom stereocenters. The van der Waals surface area contributed by atoms with Crippen LogP contribution in [0.3, 0.4) is 0 Å². The molecule has 0 radical (unpaired) electrons. The normalized spacial score (nSPS) is 19.3. The zero-order chi connectivity index (χ0) is 11.8. The summed E-state index contributed by atoms with van der Waals surface area (Å²) in [7, 11) is 0. The van der Waals surface area contributed by atoms with Gasteiger partial charge in [0.1, 0.15) is 5.82 Å². The molecule has 0 aromatic carbocycles. The highest BCUT2D eigenvalue weighted by molar-refractivity contribution is 5.31. The third-order valence-corrected chi connectivity index (χ3v) is 3.33. The molecule has 2 aromatic heterocycles. The molecule has 0 amide bonds. The number of aromatic nitrogens is 4. The summed E-state index contributed by atoms with van der Waals surface area (Å²) in [6, 6.07) is 0.126. The summed E-state index contributed by atoms with van der Waals surface area (Å²) in [5.74, 6) is 1.04. The Morgan fingerprint density at radius 2 is 2.29 bits per heavy atom. The molecule has 17 heavy (non-hydrogen) atoms. The van der Waals surface area contributed by atoms with Crippen LogP contribution >= 0.6 is 0 Å². The fraction of sp³-hybridized carbons (Fsp3) is 0.500. The Morgan fingerprint density at radius 1 is 1.41 bits per heavy atom. The lowest BCUT2D eigenvalue weighted by Crippen LogP contribution is -2.31. The van der Waals surface area contributed by atoms with Crippen LogP contribution in [0.1, 0.15) is 41.6 Å². The Labute approximate surface area is 100 Å². The first-order valence-corrected chi connectivity index (χ1v) is 6.10. The first-order valence-electron chi connectivity index (χ1n) is 6.10. The van der Waals surface area contributed by atoms with Crippen LogP contribution in [0.2, 0.25) is 0 Å². The van der Waals surface area contributed by atoms with Crippen molar-refractivity contribution in [1.82, 2.24) is 25.3 Å². The number of rotatable bonds is 2. The summed E-state index contributed by atoms with van der Waals surface area (Å²) in [6.07, 6.45) is 3.71. The summed E-state index contributed by atoms with van der Waals surface area (Å²) in [4.78, 5) is 15.6. The number of aromatic amines is 2. The van der Waals surface area contributed by atoms with Gasteiger partial charge >= 0.3 is 0 Å². The van der Waals surface area contributed by atoms with Crippen LogP contribution < -0.4 is 5.32 Å². The number of nitrogens with one attached hydrogen (secondary N) is 3. The van der Waals surface area contributed by atoms with E-state index in [9.17, 15) is 0 Å². The molecule has 3 rings (SSSR count). The molecule has 3 N–H and O–H groups in total. The van der Waals surface area contributed by atoms with Crippen molar-refractivity contribution in [3.8, 4) is 0 Å². The quantitative estimate of drug-likeness (QED) is 0.728. The van der Waals surface area contributed by atoms with Crippen molar-refractivity contribution in [2.45, 2.75) is 32.7 Å². The van der Waals surface area contributed by atoms with Crippen molar-refractivity contribution in [3.63, 3.8) is 0 Å². The molecule has 0 bridgehead atoms. The van der Waals surface area contributed by atoms with Gasteiger partial charge < -0.3 is 15.3 Å². The Hall–Kier alpha value is -1.62. The second kappa shape index (κ2) is 4.00. The highest BCUT2D eigenvalue weighted by Crippen LogP contribution is 2.26. The fourth-order valence-corrected chi connectivity index (χ4v) is 2.43. The molecule has 1 aliphatic heterocycles. The SMILES string of the molecule is CCc1nc([C@H]2NCCc3[nH]cnc32)c(C)[nH]1. The summed E-state index contributed by atoms with van der Waals surface area (Å²) >= 11 is 0. The smallest absolute Gasteiger partial charge is 0.106 e. The van der Waals surface area contributed by atoms with Crippen molar-refractivity contribution in [3.05, 3.63) is 34.9 Å². The second-order valence-corrected chi connectivity index (χ2v) is 4.45. The van der Waals surface area contributed by atoms with Gasteiger partial charge in [0.15, 0.2) is 0 Å². The lowest BCUT2D eigenvalue weighted by molar-refractivity contribution is 0.542. The Balaban J connectivity index is 2.03. The standard InChI is InChI=1S/C12H17N5/c1-3-9-16-7(2)10(17-9)12-11-8(4-5-13-12)14-6-15-11/h6,12-13H,3-5H2,1-2H3,(H,14,15)(H,16,17)/t12-/m1/s1. The van der Waals surface area contributed by atoms with Gasteiger partial charge in [0.2, 0.25) is 0 Å². The monoisotopic (exact) mass is 231 g/mol. The van der Waals surface area contributed by atoms with E-state index in [-0.39, 0.29) is 6.04 Å². The minimum atomic E-state index is 0.126. The van der Waals surface area contributed by atoms with Gasteiger partial charge in [-0.05, 0) is 6.92 Å². The molecule has 3 heterocycles. The minimum absolute atomic E-state index is 0.126. The molecule has 2 aromatic rings. The number of H-pyrrole nitrogens is 2. The Bertz CT molecular complexity index is 525. The molecule has 90 valence electrons. The molecule has 1 atom stereocenters. The predicted octanol–water partition coefficient (Wildman–Crippen LogP) is 1.24. The molecule has 0 spiro atoms. The average Bonchev–Trinajstić information content (AvgIpc) is 2.94. The highest BCUT2D eigenvalue weighted by atomic mass is 15.1. The number of hydrogen-bond acceptors (Lipinski definition) is 3. The van der Waals surface area contributed by atoms with Crippen LogP contribution in [0.4, 0.5) is 0 Å². The van der Waals surface area contributed by atoms with E-state index in [1.807, 2.05) is 0 Å². The van der Waals surface area contributed by atoms with Crippen LogP contribution in [0.25, 0.3) is 0 Å². The first-order chi connectivity index (χ1) is 8.29. The minimum Gasteiger partial charge on any atom is -0.348 e. The van der Waals surface area contributed by atoms with Gasteiger partial charge in [0.25, 0.3) is 0 Å². The van der Waals surface area contributed by atoms with Crippen LogP contribution in [0, 0.1) is 6.92 Å². The van der Waals surface area contributed by atoms with Crippen LogP contribution in [0.15, 0.2) is 6.33 Å². The third kappa shape index (κ3) is 1.67. The first kappa shape index (κ1) is 10.5. The van der Waals surface area contributed by atoms with Crippen molar-refractivity contribution in [2.24, 2.45) is 0 Å². The van der Waals surface area contributed by atoms with E-state index in [1.54, 1.807) is 6.33 Å². The molecule has 5 nitrogen and oxygen atoms in total. The molecular weight excluding hydrogens is 214 g/mol. The van der Waals surface area contributed by atoms with E-state index in [0.717, 1.165) is 42.3 Å². The molecule has 0 fully saturated rings. The highest BCUT2D eigenvalue weighted by Gasteiger charge is 2.27. The zero-order valence-electron chi connectivity index (χ0n) is 10.2. The number of hydrogen-bond donors (Lipinski definition) is 3. The fourth-order valence-electron chi connectivity index (χ4n) is 2.43. The number of fused-ring (bicyclic) bond motifs is 1. The van der Waals surface area contributed by atoms with Gasteiger partial charge in [0.05, 0.1) is 23.8 Å². The van der Waals surface area contributed by atoms with Crippen molar-refractivity contribution in [2.75, 3.05) is 6.54 Å². The zero-order valence-corrected chi connectivity index (χ0v) is 10.2. The number of nitrogens with zero attached hydrogens (tertiary/aromatic N) is 2. The van der Waals surface area contributed by atoms with Crippen LogP contribution in [-0.4, -0.2) is 26.5 Å². The third-order valence-electron chi connectivity index (χ3n) is 3.33. The van der Waals surface area contributed by atoms with Gasteiger partial charge in [0, 0.05) is 30.8 Å². The van der Waals surface area contributed by atoms with E-state index < -0.39 is 0 Å². The summed E-state index contributed by atoms with van der Waals surface area (Å²) < 4.78 is 0. The van der Waals surface area contributed by atoms with Gasteiger partial charge in [-0.3, -0.25) is 0 Å². The lowest BCUT2D eigenvalue weighted by Gasteiger charge is -2.22. The Morgan fingerprint density at radius 3 is 3.06 bits per heavy atom. The van der Waals surface area contributed by atoms with E-state index >= 15 is 0 Å². The Kier molecular flexibility index (Phi) is 2.48. The van der Waals surface area contributed by atoms with Gasteiger partial charge in [-0.1, -0.05) is 6.92 Å². The van der Waals surface area contributed by atoms with Gasteiger partial charge in [-0.25, -0.2) is 9.97 Å². The lowest BCUT2D eigenvalue weighted by atomic mass is 10.0. The van der Waals surface area contributed by atoms with Crippen molar-refractivity contribution in [1.29, 1.82) is 0 Å². The van der Waals surface area contributed by atoms with E-state index in [0.29, 0.717) is 0 Å². The van der Waals surface area contributed by atoms with E-state index in [2.05, 4.69) is 39.1 Å². The van der Waals surface area contributed by atoms with Crippen molar-refractivity contribution >= 4 is 0 Å². The maximum Gasteiger partial charge on any atom is 0.106 e. The summed E-state index contributed by atoms with van der Waals surface area (Å²) in [5, 5.41) is 3.49. The summed E-state index contributed by atoms with van der Waals surface area (Å²) in [6.45, 7) is 5.15. The van der Waals surface area contributed by atoms with Gasteiger partial charge in [-0.2, -0.15) is 0 Å². The molecule has 0 aliphatic carbocycles. The topological polar surface area (TPSA) is 69.4 Å². The molecule has 0 saturated carbocycles. The van der Waals surface area contributed by atoms with Crippen LogP contribution in [-0.2, 0) is 12.8 Å². The second-order valence-electron chi connectivity index (χ2n) is 4.45. The molecule has 5 heteroatoms. The van der Waals surface area contributed by atoms with E-state index in [4.69, 9.17) is 0 Å². The van der Waals surface area contributed by atoms with Crippen molar-refractivity contribution < 1.29 is 0 Å². The maximum atomic E-state index is 4.66. The molecule has 0 saturated heterocycles. The van der Waals surface area contributed by atoms with Gasteiger partial charge in [-0.15, -0.1) is 0 Å². The number of imidazole rings is 2. The maximum absolute atomic E-state index is 4.66. The van der Waals surface area contributed by atoms with E-state index in [1.165, 1.54) is 5.69 Å². The average molecular weight is 231 g/mol. The molecule has 1 aliphatic rings. The molecular formula is C12H17N5. The van der Waals surface area contributed by atoms with Crippen LogP contribution in [0.5, 0.6) is 0 Å². The number of aryl methyl sites for hydroxylation is 2. The largest absolute Gasteiger partial charge is 0.348 e. The summed E-state index contributed by atoms with van der Waals surface area (Å²) in [5.41, 5.74) is 4.54.